The number of benzene rings is 2. The molecule has 0 radical (unpaired) electrons. The zero-order valence-corrected chi connectivity index (χ0v) is 15.9. The fraction of sp³-hybridized carbons (Fsp3) is 0.227. The summed E-state index contributed by atoms with van der Waals surface area (Å²) in [6.07, 6.45) is 1.55. The molecule has 0 atom stereocenters. The maximum atomic E-state index is 12.1. The summed E-state index contributed by atoms with van der Waals surface area (Å²) < 4.78 is 0. The number of nitrogens with one attached hydrogen (secondary N) is 2. The number of aromatic nitrogens is 2. The maximum Gasteiger partial charge on any atom is 0.251 e. The van der Waals surface area contributed by atoms with Crippen molar-refractivity contribution in [3.63, 3.8) is 0 Å². The lowest BCUT2D eigenvalue weighted by Gasteiger charge is -2.10. The molecule has 0 aliphatic heterocycles. The summed E-state index contributed by atoms with van der Waals surface area (Å²) in [6, 6.07) is 17.5. The number of hydrogen-bond donors (Lipinski definition) is 2. The Morgan fingerprint density at radius 2 is 1.70 bits per heavy atom. The van der Waals surface area contributed by atoms with Crippen LogP contribution in [-0.4, -0.2) is 22.4 Å². The van der Waals surface area contributed by atoms with Gasteiger partial charge in [-0.25, -0.2) is 9.97 Å². The zero-order chi connectivity index (χ0) is 19.2. The van der Waals surface area contributed by atoms with E-state index >= 15 is 0 Å². The van der Waals surface area contributed by atoms with Gasteiger partial charge in [0.15, 0.2) is 0 Å². The van der Waals surface area contributed by atoms with E-state index in [2.05, 4.69) is 53.5 Å². The minimum atomic E-state index is -0.0565. The Kier molecular flexibility index (Phi) is 5.81. The van der Waals surface area contributed by atoms with Gasteiger partial charge in [0, 0.05) is 29.4 Å². The second-order valence-corrected chi connectivity index (χ2v) is 6.96. The predicted octanol–water partition coefficient (Wildman–Crippen LogP) is 4.58. The molecule has 0 aliphatic rings. The monoisotopic (exact) mass is 360 g/mol. The van der Waals surface area contributed by atoms with Gasteiger partial charge in [0.25, 0.3) is 5.91 Å². The van der Waals surface area contributed by atoms with Crippen LogP contribution >= 0.6 is 0 Å². The summed E-state index contributed by atoms with van der Waals surface area (Å²) in [5.74, 6) is 1.08. The van der Waals surface area contributed by atoms with Crippen molar-refractivity contribution in [3.8, 4) is 11.3 Å². The van der Waals surface area contributed by atoms with E-state index in [0.717, 1.165) is 16.9 Å². The molecule has 3 rings (SSSR count). The highest BCUT2D eigenvalue weighted by molar-refractivity contribution is 5.94. The molecular formula is C22H24N4O. The standard InChI is InChI=1S/C22H24N4O/c1-15(2)13-23-22(27)18-8-10-19(11-9-18)26-21-12-20(24-14-25-21)17-6-4-16(3)5-7-17/h4-12,14-15H,13H2,1-3H3,(H,23,27)(H,24,25,26). The van der Waals surface area contributed by atoms with Crippen LogP contribution in [0.5, 0.6) is 0 Å². The van der Waals surface area contributed by atoms with Gasteiger partial charge in [0.05, 0.1) is 5.69 Å². The fourth-order valence-corrected chi connectivity index (χ4v) is 2.56. The lowest BCUT2D eigenvalue weighted by atomic mass is 10.1. The molecule has 0 bridgehead atoms. The van der Waals surface area contributed by atoms with Crippen molar-refractivity contribution in [2.75, 3.05) is 11.9 Å². The summed E-state index contributed by atoms with van der Waals surface area (Å²) in [4.78, 5) is 20.7. The van der Waals surface area contributed by atoms with Gasteiger partial charge >= 0.3 is 0 Å². The van der Waals surface area contributed by atoms with Crippen LogP contribution in [0.25, 0.3) is 11.3 Å². The molecule has 2 N–H and O–H groups in total. The van der Waals surface area contributed by atoms with E-state index in [1.165, 1.54) is 5.56 Å². The molecule has 0 fully saturated rings. The molecule has 1 aromatic heterocycles. The van der Waals surface area contributed by atoms with Gasteiger partial charge in [-0.15, -0.1) is 0 Å². The van der Waals surface area contributed by atoms with Crippen LogP contribution in [0.4, 0.5) is 11.5 Å². The first-order valence-electron chi connectivity index (χ1n) is 9.05. The first-order chi connectivity index (χ1) is 13.0. The number of anilines is 2. The van der Waals surface area contributed by atoms with Crippen molar-refractivity contribution in [2.45, 2.75) is 20.8 Å². The van der Waals surface area contributed by atoms with Crippen LogP contribution in [0.1, 0.15) is 29.8 Å². The number of aryl methyl sites for hydroxylation is 1. The van der Waals surface area contributed by atoms with Gasteiger partial charge < -0.3 is 10.6 Å². The summed E-state index contributed by atoms with van der Waals surface area (Å²) in [5, 5.41) is 6.18. The van der Waals surface area contributed by atoms with Crippen molar-refractivity contribution in [1.29, 1.82) is 0 Å². The molecule has 5 heteroatoms. The van der Waals surface area contributed by atoms with E-state index in [-0.39, 0.29) is 5.91 Å². The Morgan fingerprint density at radius 3 is 2.37 bits per heavy atom. The molecule has 138 valence electrons. The highest BCUT2D eigenvalue weighted by Gasteiger charge is 2.07. The minimum Gasteiger partial charge on any atom is -0.352 e. The summed E-state index contributed by atoms with van der Waals surface area (Å²) >= 11 is 0. The van der Waals surface area contributed by atoms with E-state index in [1.54, 1.807) is 18.5 Å². The van der Waals surface area contributed by atoms with Crippen molar-refractivity contribution in [1.82, 2.24) is 15.3 Å². The highest BCUT2D eigenvalue weighted by Crippen LogP contribution is 2.21. The zero-order valence-electron chi connectivity index (χ0n) is 15.9. The van der Waals surface area contributed by atoms with Crippen LogP contribution in [0.3, 0.4) is 0 Å². The van der Waals surface area contributed by atoms with Gasteiger partial charge in [-0.1, -0.05) is 43.7 Å². The summed E-state index contributed by atoms with van der Waals surface area (Å²) in [6.45, 7) is 6.87. The second kappa shape index (κ2) is 8.45. The van der Waals surface area contributed by atoms with Crippen molar-refractivity contribution in [2.24, 2.45) is 5.92 Å². The summed E-state index contributed by atoms with van der Waals surface area (Å²) in [7, 11) is 0. The Bertz CT molecular complexity index is 902. The average Bonchev–Trinajstić information content (AvgIpc) is 2.67. The molecule has 0 saturated heterocycles. The number of carbonyl (C=O) groups is 1. The van der Waals surface area contributed by atoms with E-state index in [4.69, 9.17) is 0 Å². The van der Waals surface area contributed by atoms with Gasteiger partial charge in [-0.3, -0.25) is 4.79 Å². The lowest BCUT2D eigenvalue weighted by Crippen LogP contribution is -2.27. The smallest absolute Gasteiger partial charge is 0.251 e. The average molecular weight is 360 g/mol. The number of carbonyl (C=O) groups excluding carboxylic acids is 1. The molecule has 0 spiro atoms. The van der Waals surface area contributed by atoms with Crippen molar-refractivity contribution >= 4 is 17.4 Å². The Hall–Kier alpha value is -3.21. The Morgan fingerprint density at radius 1 is 1.00 bits per heavy atom. The Balaban J connectivity index is 1.69. The third-order valence-electron chi connectivity index (χ3n) is 4.10. The van der Waals surface area contributed by atoms with Gasteiger partial charge in [-0.05, 0) is 37.1 Å². The predicted molar refractivity (Wildman–Crippen MR) is 109 cm³/mol. The molecule has 2 aromatic carbocycles. The first-order valence-corrected chi connectivity index (χ1v) is 9.05. The van der Waals surface area contributed by atoms with Gasteiger partial charge in [0.1, 0.15) is 12.1 Å². The van der Waals surface area contributed by atoms with E-state index in [9.17, 15) is 4.79 Å². The maximum absolute atomic E-state index is 12.1. The molecule has 0 aliphatic carbocycles. The van der Waals surface area contributed by atoms with Crippen molar-refractivity contribution in [3.05, 3.63) is 72.1 Å². The molecule has 3 aromatic rings. The molecule has 1 amide bonds. The third-order valence-corrected chi connectivity index (χ3v) is 4.10. The van der Waals surface area contributed by atoms with Gasteiger partial charge in [0.2, 0.25) is 0 Å². The number of hydrogen-bond acceptors (Lipinski definition) is 4. The minimum absolute atomic E-state index is 0.0565. The van der Waals surface area contributed by atoms with E-state index in [0.29, 0.717) is 23.8 Å². The molecule has 5 nitrogen and oxygen atoms in total. The second-order valence-electron chi connectivity index (χ2n) is 6.96. The van der Waals surface area contributed by atoms with E-state index in [1.807, 2.05) is 30.3 Å². The van der Waals surface area contributed by atoms with Crippen LogP contribution in [0, 0.1) is 12.8 Å². The molecule has 0 unspecified atom stereocenters. The number of nitrogens with zero attached hydrogens (tertiary/aromatic N) is 2. The molecule has 0 saturated carbocycles. The fourth-order valence-electron chi connectivity index (χ4n) is 2.56. The topological polar surface area (TPSA) is 66.9 Å². The highest BCUT2D eigenvalue weighted by atomic mass is 16.1. The van der Waals surface area contributed by atoms with E-state index < -0.39 is 0 Å². The lowest BCUT2D eigenvalue weighted by molar-refractivity contribution is 0.0949. The van der Waals surface area contributed by atoms with Crippen LogP contribution < -0.4 is 10.6 Å². The molecular weight excluding hydrogens is 336 g/mol. The van der Waals surface area contributed by atoms with Crippen LogP contribution in [-0.2, 0) is 0 Å². The van der Waals surface area contributed by atoms with Gasteiger partial charge in [-0.2, -0.15) is 0 Å². The van der Waals surface area contributed by atoms with Crippen molar-refractivity contribution < 1.29 is 4.79 Å². The SMILES string of the molecule is Cc1ccc(-c2cc(Nc3ccc(C(=O)NCC(C)C)cc3)ncn2)cc1. The normalized spacial score (nSPS) is 10.7. The quantitative estimate of drug-likeness (QED) is 0.675. The third kappa shape index (κ3) is 5.14. The largest absolute Gasteiger partial charge is 0.352 e. The first kappa shape index (κ1) is 18.6. The Labute approximate surface area is 159 Å². The number of amides is 1. The van der Waals surface area contributed by atoms with Crippen LogP contribution in [0.15, 0.2) is 60.9 Å². The molecule has 1 heterocycles. The summed E-state index contributed by atoms with van der Waals surface area (Å²) in [5.41, 5.74) is 4.62. The number of rotatable bonds is 6. The van der Waals surface area contributed by atoms with Crippen LogP contribution in [0.2, 0.25) is 0 Å². The molecule has 27 heavy (non-hydrogen) atoms.